The summed E-state index contributed by atoms with van der Waals surface area (Å²) < 4.78 is 14.8. The Hall–Kier alpha value is -2.25. The molecule has 0 amide bonds. The van der Waals surface area contributed by atoms with Crippen LogP contribution < -0.4 is 10.9 Å². The van der Waals surface area contributed by atoms with Crippen LogP contribution in [0.5, 0.6) is 0 Å². The van der Waals surface area contributed by atoms with Crippen LogP contribution in [0.2, 0.25) is 0 Å². The van der Waals surface area contributed by atoms with Crippen molar-refractivity contribution >= 4 is 27.5 Å². The third-order valence-electron chi connectivity index (χ3n) is 4.72. The molecule has 3 aromatic rings. The molecule has 0 unspecified atom stereocenters. The Kier molecular flexibility index (Phi) is 4.74. The standard InChI is InChI=1S/C19H20FN3O2S/c20-12-6-8-13(9-7-12)23-18(25)16-14-4-2-1-3-5-15(14)26-17(16)22-19(23)21-10-11-24/h6-9,24H,1-5,10-11H2,(H,21,22). The van der Waals surface area contributed by atoms with Gasteiger partial charge in [-0.1, -0.05) is 6.42 Å². The Morgan fingerprint density at radius 3 is 2.73 bits per heavy atom. The van der Waals surface area contributed by atoms with Gasteiger partial charge in [0.25, 0.3) is 5.56 Å². The van der Waals surface area contributed by atoms with Gasteiger partial charge in [-0.25, -0.2) is 13.9 Å². The number of hydrogen-bond acceptors (Lipinski definition) is 5. The molecule has 0 radical (unpaired) electrons. The molecule has 2 heterocycles. The first-order valence-corrected chi connectivity index (χ1v) is 9.68. The molecule has 5 nitrogen and oxygen atoms in total. The molecule has 0 bridgehead atoms. The van der Waals surface area contributed by atoms with Crippen LogP contribution in [0.4, 0.5) is 10.3 Å². The van der Waals surface area contributed by atoms with Crippen molar-refractivity contribution in [3.05, 3.63) is 50.9 Å². The summed E-state index contributed by atoms with van der Waals surface area (Å²) in [6.07, 6.45) is 5.30. The van der Waals surface area contributed by atoms with Gasteiger partial charge in [0.15, 0.2) is 0 Å². The summed E-state index contributed by atoms with van der Waals surface area (Å²) in [6.45, 7) is 0.211. The van der Waals surface area contributed by atoms with Gasteiger partial charge in [0.1, 0.15) is 10.6 Å². The highest BCUT2D eigenvalue weighted by Gasteiger charge is 2.22. The molecule has 1 aromatic carbocycles. The van der Waals surface area contributed by atoms with E-state index >= 15 is 0 Å². The maximum absolute atomic E-state index is 13.4. The third-order valence-corrected chi connectivity index (χ3v) is 5.90. The van der Waals surface area contributed by atoms with E-state index in [0.29, 0.717) is 17.0 Å². The van der Waals surface area contributed by atoms with Crippen molar-refractivity contribution < 1.29 is 9.50 Å². The van der Waals surface area contributed by atoms with Crippen molar-refractivity contribution in [1.29, 1.82) is 0 Å². The molecule has 136 valence electrons. The minimum atomic E-state index is -0.356. The molecule has 2 N–H and O–H groups in total. The van der Waals surface area contributed by atoms with E-state index in [1.54, 1.807) is 23.5 Å². The van der Waals surface area contributed by atoms with E-state index in [1.807, 2.05) is 0 Å². The van der Waals surface area contributed by atoms with Crippen LogP contribution in [0.1, 0.15) is 29.7 Å². The minimum absolute atomic E-state index is 0.0712. The summed E-state index contributed by atoms with van der Waals surface area (Å²) in [6, 6.07) is 5.80. The monoisotopic (exact) mass is 373 g/mol. The number of fused-ring (bicyclic) bond motifs is 3. The third kappa shape index (κ3) is 3.01. The second kappa shape index (κ2) is 7.17. The van der Waals surface area contributed by atoms with E-state index in [1.165, 1.54) is 28.0 Å². The highest BCUT2D eigenvalue weighted by atomic mass is 32.1. The first kappa shape index (κ1) is 17.2. The largest absolute Gasteiger partial charge is 0.395 e. The molecule has 4 rings (SSSR count). The number of nitrogens with zero attached hydrogens (tertiary/aromatic N) is 2. The molecule has 2 aromatic heterocycles. The van der Waals surface area contributed by atoms with Crippen molar-refractivity contribution in [2.75, 3.05) is 18.5 Å². The van der Waals surface area contributed by atoms with E-state index < -0.39 is 0 Å². The molecule has 7 heteroatoms. The Morgan fingerprint density at radius 1 is 1.19 bits per heavy atom. The lowest BCUT2D eigenvalue weighted by atomic mass is 10.1. The van der Waals surface area contributed by atoms with Crippen molar-refractivity contribution in [2.24, 2.45) is 0 Å². The highest BCUT2D eigenvalue weighted by Crippen LogP contribution is 2.34. The Labute approximate surface area is 154 Å². The molecule has 0 fully saturated rings. The van der Waals surface area contributed by atoms with Gasteiger partial charge >= 0.3 is 0 Å². The van der Waals surface area contributed by atoms with Gasteiger partial charge in [-0.05, 0) is 55.5 Å². The SMILES string of the molecule is O=c1c2c3c(sc2nc(NCCO)n1-c1ccc(F)cc1)CCCCC3. The summed E-state index contributed by atoms with van der Waals surface area (Å²) in [5.41, 5.74) is 1.55. The number of rotatable bonds is 4. The summed E-state index contributed by atoms with van der Waals surface area (Å²) >= 11 is 1.59. The fourth-order valence-corrected chi connectivity index (χ4v) is 4.75. The number of nitrogens with one attached hydrogen (secondary N) is 1. The predicted molar refractivity (Wildman–Crippen MR) is 102 cm³/mol. The Balaban J connectivity index is 1.97. The summed E-state index contributed by atoms with van der Waals surface area (Å²) in [7, 11) is 0. The summed E-state index contributed by atoms with van der Waals surface area (Å²) in [4.78, 5) is 20.0. The van der Waals surface area contributed by atoms with E-state index in [4.69, 9.17) is 5.11 Å². The zero-order valence-electron chi connectivity index (χ0n) is 14.3. The van der Waals surface area contributed by atoms with Crippen LogP contribution in [0.15, 0.2) is 29.1 Å². The number of benzene rings is 1. The second-order valence-corrected chi connectivity index (χ2v) is 7.53. The molecule has 0 saturated heterocycles. The molecule has 0 aliphatic heterocycles. The molecule has 0 atom stereocenters. The van der Waals surface area contributed by atoms with Crippen LogP contribution in [0.3, 0.4) is 0 Å². The van der Waals surface area contributed by atoms with Gasteiger partial charge in [0, 0.05) is 11.4 Å². The number of aryl methyl sites for hydroxylation is 2. The van der Waals surface area contributed by atoms with Crippen LogP contribution in [0.25, 0.3) is 15.9 Å². The van der Waals surface area contributed by atoms with E-state index in [2.05, 4.69) is 10.3 Å². The first-order chi connectivity index (χ1) is 12.7. The zero-order chi connectivity index (χ0) is 18.1. The molecule has 26 heavy (non-hydrogen) atoms. The topological polar surface area (TPSA) is 67.2 Å². The van der Waals surface area contributed by atoms with Gasteiger partial charge < -0.3 is 10.4 Å². The number of aliphatic hydroxyl groups excluding tert-OH is 1. The van der Waals surface area contributed by atoms with E-state index in [-0.39, 0.29) is 24.5 Å². The van der Waals surface area contributed by atoms with Gasteiger partial charge in [-0.3, -0.25) is 4.79 Å². The summed E-state index contributed by atoms with van der Waals surface area (Å²) in [5.74, 6) is 0.0182. The maximum atomic E-state index is 13.4. The zero-order valence-corrected chi connectivity index (χ0v) is 15.1. The molecule has 0 saturated carbocycles. The average molecular weight is 373 g/mol. The number of halogens is 1. The quantitative estimate of drug-likeness (QED) is 0.689. The van der Waals surface area contributed by atoms with Crippen LogP contribution in [-0.4, -0.2) is 27.8 Å². The van der Waals surface area contributed by atoms with Crippen LogP contribution in [-0.2, 0) is 12.8 Å². The molecular weight excluding hydrogens is 353 g/mol. The summed E-state index contributed by atoms with van der Waals surface area (Å²) in [5, 5.41) is 12.8. The number of hydrogen-bond donors (Lipinski definition) is 2. The highest BCUT2D eigenvalue weighted by molar-refractivity contribution is 7.18. The van der Waals surface area contributed by atoms with Crippen molar-refractivity contribution in [1.82, 2.24) is 9.55 Å². The molecule has 0 spiro atoms. The van der Waals surface area contributed by atoms with Crippen molar-refractivity contribution in [3.8, 4) is 5.69 Å². The number of anilines is 1. The van der Waals surface area contributed by atoms with Crippen LogP contribution >= 0.6 is 11.3 Å². The van der Waals surface area contributed by atoms with Gasteiger partial charge in [-0.15, -0.1) is 11.3 Å². The van der Waals surface area contributed by atoms with Crippen molar-refractivity contribution in [2.45, 2.75) is 32.1 Å². The fraction of sp³-hybridized carbons (Fsp3) is 0.368. The Bertz CT molecular complexity index is 995. The smallest absolute Gasteiger partial charge is 0.268 e. The van der Waals surface area contributed by atoms with Crippen LogP contribution in [0, 0.1) is 5.82 Å². The fourth-order valence-electron chi connectivity index (χ4n) is 3.50. The molecule has 1 aliphatic rings. The lowest BCUT2D eigenvalue weighted by molar-refractivity contribution is 0.310. The van der Waals surface area contributed by atoms with Gasteiger partial charge in [-0.2, -0.15) is 0 Å². The van der Waals surface area contributed by atoms with Gasteiger partial charge in [0.2, 0.25) is 5.95 Å². The van der Waals surface area contributed by atoms with Crippen molar-refractivity contribution in [3.63, 3.8) is 0 Å². The second-order valence-electron chi connectivity index (χ2n) is 6.45. The van der Waals surface area contributed by atoms with E-state index in [9.17, 15) is 9.18 Å². The maximum Gasteiger partial charge on any atom is 0.268 e. The first-order valence-electron chi connectivity index (χ1n) is 8.87. The normalized spacial score (nSPS) is 14.2. The molecular formula is C19H20FN3O2S. The lowest BCUT2D eigenvalue weighted by Gasteiger charge is -2.14. The van der Waals surface area contributed by atoms with Gasteiger partial charge in [0.05, 0.1) is 17.7 Å². The Morgan fingerprint density at radius 2 is 1.96 bits per heavy atom. The van der Waals surface area contributed by atoms with E-state index in [0.717, 1.165) is 36.1 Å². The average Bonchev–Trinajstić information content (AvgIpc) is 2.82. The number of aliphatic hydroxyl groups is 1. The lowest BCUT2D eigenvalue weighted by Crippen LogP contribution is -2.25. The predicted octanol–water partition coefficient (Wildman–Crippen LogP) is 3.26. The molecule has 1 aliphatic carbocycles. The minimum Gasteiger partial charge on any atom is -0.395 e. The number of thiophene rings is 1. The number of aromatic nitrogens is 2.